The summed E-state index contributed by atoms with van der Waals surface area (Å²) in [4.78, 5) is 185. The minimum atomic E-state index is -1.19. The summed E-state index contributed by atoms with van der Waals surface area (Å²) in [5, 5.41) is 28.2. The van der Waals surface area contributed by atoms with E-state index in [1.54, 1.807) is 51.1 Å². The van der Waals surface area contributed by atoms with E-state index in [0.29, 0.717) is 108 Å². The first-order chi connectivity index (χ1) is 65.1. The van der Waals surface area contributed by atoms with E-state index in [4.69, 9.17) is 19.9 Å². The van der Waals surface area contributed by atoms with Crippen molar-refractivity contribution in [2.75, 3.05) is 26.4 Å². The van der Waals surface area contributed by atoms with Crippen molar-refractivity contribution in [3.05, 3.63) is 251 Å². The molecule has 0 saturated heterocycles. The maximum Gasteiger partial charge on any atom is 0.341 e. The monoisotopic (exact) mass is 1850 g/mol. The van der Waals surface area contributed by atoms with E-state index in [1.165, 1.54) is 0 Å². The van der Waals surface area contributed by atoms with Gasteiger partial charge in [0.1, 0.15) is 60.9 Å². The molecule has 1 aliphatic heterocycles. The highest BCUT2D eigenvalue weighted by Crippen LogP contribution is 2.30. The molecule has 9 amide bonds. The highest BCUT2D eigenvalue weighted by molar-refractivity contribution is 5.96. The third-order valence-corrected chi connectivity index (χ3v) is 23.3. The standard InChI is InChI=1S/C36H50N4O5.C35H48N4O6.C35H42N4O6/c1-4-45-35(44)28(21-26-12-7-5-8-13-26)16-11-17-31(32-18-19-38-36(37)40-32)33(42)23-29(20-25(2)3)34(43)39-30(24-41)22-27-14-9-6-10-15-27;2*1-4-45-34(43)30(22-26-16-10-6-11-17-26)38-35(44)39-31(27-18-12-7-13-19-27)33(42)37-29(20-24(2)3)32(41)36-28(23-40)21-25-14-8-5-9-15-25/h5-10,12-15,24-25,28-32H,4,11,16-23H2,1-3H3,(H,39,43)(H3,37,38,40);5-6,8-11,14-17,23-24,27-31H,4,7,12-13,18-22H2,1-3H3,(H,36,41)(H,37,42)(H2,38,39,44);5-19,23-24,28-31H,4,20-22H2,1-3H3,(H,36,41)(H,37,42)(H2,38,39,44)/p+1. The van der Waals surface area contributed by atoms with Gasteiger partial charge in [0.25, 0.3) is 0 Å². The quantitative estimate of drug-likeness (QED) is 0.00957. The lowest BCUT2D eigenvalue weighted by atomic mass is 9.80. The van der Waals surface area contributed by atoms with Gasteiger partial charge in [-0.2, -0.15) is 0 Å². The van der Waals surface area contributed by atoms with Gasteiger partial charge in [-0.05, 0) is 154 Å². The molecular weight excluding hydrogens is 1710 g/mol. The normalized spacial score (nSPS) is 15.6. The van der Waals surface area contributed by atoms with Crippen molar-refractivity contribution in [2.24, 2.45) is 47.2 Å². The maximum atomic E-state index is 14.0. The Kier molecular flexibility index (Phi) is 48.5. The number of ether oxygens (including phenoxy) is 3. The highest BCUT2D eigenvalue weighted by atomic mass is 16.5. The van der Waals surface area contributed by atoms with Gasteiger partial charge in [-0.3, -0.25) is 49.6 Å². The number of rotatable bonds is 51. The van der Waals surface area contributed by atoms with E-state index in [1.807, 2.05) is 224 Å². The van der Waals surface area contributed by atoms with Crippen LogP contribution in [0.15, 0.2) is 212 Å². The van der Waals surface area contributed by atoms with Gasteiger partial charge in [0.05, 0.1) is 62.4 Å². The van der Waals surface area contributed by atoms with Crippen molar-refractivity contribution in [3.63, 3.8) is 0 Å². The van der Waals surface area contributed by atoms with Gasteiger partial charge < -0.3 is 76.4 Å². The summed E-state index contributed by atoms with van der Waals surface area (Å²) in [6.07, 6.45) is 12.2. The number of aldehydes is 3. The Hall–Kier alpha value is -13.2. The molecule has 13 unspecified atom stereocenters. The van der Waals surface area contributed by atoms with Gasteiger partial charge in [0.15, 0.2) is 0 Å². The fourth-order valence-electron chi connectivity index (χ4n) is 16.7. The van der Waals surface area contributed by atoms with E-state index < -0.39 is 108 Å². The third-order valence-electron chi connectivity index (χ3n) is 23.3. The van der Waals surface area contributed by atoms with Crippen LogP contribution in [0.3, 0.4) is 0 Å². The fourth-order valence-corrected chi connectivity index (χ4v) is 16.7. The van der Waals surface area contributed by atoms with Crippen molar-refractivity contribution in [1.82, 2.24) is 53.2 Å². The summed E-state index contributed by atoms with van der Waals surface area (Å²) >= 11 is 0. The maximum absolute atomic E-state index is 14.0. The van der Waals surface area contributed by atoms with Crippen LogP contribution in [-0.2, 0) is 110 Å². The Morgan fingerprint density at radius 2 is 0.756 bits per heavy atom. The Labute approximate surface area is 794 Å². The number of carbonyl (C=O) groups is 14. The average molecular weight is 1860 g/mol. The van der Waals surface area contributed by atoms with Crippen LogP contribution in [0.25, 0.3) is 0 Å². The molecule has 13 atom stereocenters. The van der Waals surface area contributed by atoms with E-state index in [9.17, 15) is 67.1 Å². The number of urea groups is 2. The molecule has 0 radical (unpaired) electrons. The van der Waals surface area contributed by atoms with Gasteiger partial charge >= 0.3 is 35.9 Å². The molecule has 0 aromatic heterocycles. The van der Waals surface area contributed by atoms with E-state index >= 15 is 0 Å². The first kappa shape index (κ1) is 109. The van der Waals surface area contributed by atoms with E-state index in [0.717, 1.165) is 71.8 Å². The zero-order chi connectivity index (χ0) is 97.8. The van der Waals surface area contributed by atoms with Crippen molar-refractivity contribution in [1.29, 1.82) is 0 Å². The van der Waals surface area contributed by atoms with Crippen LogP contribution in [0.5, 0.6) is 0 Å². The van der Waals surface area contributed by atoms with Gasteiger partial charge in [-0.1, -0.05) is 280 Å². The number of benzene rings is 7. The molecule has 29 nitrogen and oxygen atoms in total. The minimum Gasteiger partial charge on any atom is -0.466 e. The SMILES string of the molecule is CCOC(=O)C(CCCC(C(=O)CC(CC(C)C)C(=O)NC(C=O)Cc1ccccc1)C1CC[NH+]=C(N)N1)Cc1ccccc1.CCOC(=O)C(Cc1ccccc1)NC(=O)NC(C(=O)NC(CC(C)C)C(=O)NC(C=O)Cc1ccccc1)C1CCCCC1.CCOC(=O)C(Cc1ccccc1)NC(=O)NC(C(=O)NC(CC(C)C)C(=O)NC(C=O)Cc1ccccc1)c1ccccc1. The Balaban J connectivity index is 0.000000276. The molecule has 0 bridgehead atoms. The molecule has 726 valence electrons. The summed E-state index contributed by atoms with van der Waals surface area (Å²) in [6.45, 7) is 18.2. The molecule has 9 rings (SSSR count). The lowest BCUT2D eigenvalue weighted by molar-refractivity contribution is -0.467. The van der Waals surface area contributed by atoms with E-state index in [2.05, 4.69) is 58.2 Å². The summed E-state index contributed by atoms with van der Waals surface area (Å²) in [5.41, 5.74) is 12.0. The zero-order valence-corrected chi connectivity index (χ0v) is 79.5. The first-order valence-corrected chi connectivity index (χ1v) is 47.5. The summed E-state index contributed by atoms with van der Waals surface area (Å²) in [5.74, 6) is -4.44. The molecule has 1 aliphatic carbocycles. The lowest BCUT2D eigenvalue weighted by Crippen LogP contribution is -2.83. The minimum absolute atomic E-state index is 0.00976. The molecule has 2 aliphatic rings. The predicted molar refractivity (Wildman–Crippen MR) is 518 cm³/mol. The predicted octanol–water partition coefficient (Wildman–Crippen LogP) is 10.0. The lowest BCUT2D eigenvalue weighted by Gasteiger charge is -2.32. The van der Waals surface area contributed by atoms with Crippen LogP contribution in [0.2, 0.25) is 0 Å². The van der Waals surface area contributed by atoms with Crippen LogP contribution in [0.1, 0.15) is 191 Å². The Morgan fingerprint density at radius 3 is 1.15 bits per heavy atom. The molecule has 13 N–H and O–H groups in total. The third kappa shape index (κ3) is 40.2. The average Bonchev–Trinajstić information content (AvgIpc) is 0.842. The Bertz CT molecular complexity index is 4820. The summed E-state index contributed by atoms with van der Waals surface area (Å²) < 4.78 is 15.8. The van der Waals surface area contributed by atoms with Crippen molar-refractivity contribution >= 4 is 90.1 Å². The van der Waals surface area contributed by atoms with Crippen LogP contribution in [0.4, 0.5) is 9.59 Å². The van der Waals surface area contributed by atoms with Gasteiger partial charge in [-0.25, -0.2) is 19.2 Å². The van der Waals surface area contributed by atoms with Crippen molar-refractivity contribution in [2.45, 2.75) is 245 Å². The fraction of sp³-hybridized carbons (Fsp3) is 0.462. The number of carbonyl (C=O) groups excluding carboxylic acids is 14. The molecule has 0 spiro atoms. The number of nitrogens with two attached hydrogens (primary N) is 1. The molecule has 7 aromatic carbocycles. The van der Waals surface area contributed by atoms with E-state index in [-0.39, 0.29) is 91.7 Å². The van der Waals surface area contributed by atoms with Crippen molar-refractivity contribution < 1.29 is 86.3 Å². The second kappa shape index (κ2) is 60.1. The Morgan fingerprint density at radius 1 is 0.385 bits per heavy atom. The van der Waals surface area contributed by atoms with Crippen LogP contribution >= 0.6 is 0 Å². The number of nitrogens with one attached hydrogen (secondary N) is 11. The van der Waals surface area contributed by atoms with Crippen molar-refractivity contribution in [3.8, 4) is 0 Å². The summed E-state index contributed by atoms with van der Waals surface area (Å²) in [7, 11) is 0. The molecule has 1 fully saturated rings. The number of amides is 9. The zero-order valence-electron chi connectivity index (χ0n) is 79.5. The number of guanidine groups is 1. The second-order valence-corrected chi connectivity index (χ2v) is 35.7. The molecule has 1 saturated carbocycles. The second-order valence-electron chi connectivity index (χ2n) is 35.7. The largest absolute Gasteiger partial charge is 0.466 e. The molecule has 1 heterocycles. The number of ketones is 1. The number of hydrogen-bond donors (Lipinski definition) is 12. The number of Topliss-reactive ketones (excluding diaryl/α,β-unsaturated/α-hetero) is 1. The van der Waals surface area contributed by atoms with Crippen LogP contribution in [0, 0.1) is 41.4 Å². The van der Waals surface area contributed by atoms with Gasteiger partial charge in [0, 0.05) is 31.6 Å². The smallest absolute Gasteiger partial charge is 0.341 e. The topological polar surface area (TPSA) is 427 Å². The van der Waals surface area contributed by atoms with Crippen LogP contribution < -0.4 is 63.9 Å². The number of esters is 3. The molecular formula is C106H141N12O17+. The van der Waals surface area contributed by atoms with Crippen LogP contribution in [-0.4, -0.2) is 171 Å². The van der Waals surface area contributed by atoms with Gasteiger partial charge in [-0.15, -0.1) is 0 Å². The molecule has 7 aromatic rings. The molecule has 29 heteroatoms. The summed E-state index contributed by atoms with van der Waals surface area (Å²) in [6, 6.07) is 55.4. The number of hydrogen-bond acceptors (Lipinski definition) is 19. The molecule has 135 heavy (non-hydrogen) atoms. The van der Waals surface area contributed by atoms with Gasteiger partial charge in [0.2, 0.25) is 29.5 Å². The first-order valence-electron chi connectivity index (χ1n) is 47.5. The highest BCUT2D eigenvalue weighted by Gasteiger charge is 2.39.